The van der Waals surface area contributed by atoms with Crippen LogP contribution < -0.4 is 0 Å². The summed E-state index contributed by atoms with van der Waals surface area (Å²) in [6.45, 7) is 1.76. The molecular formula is C18H15N3O6S. The molecule has 3 rings (SSSR count). The smallest absolute Gasteiger partial charge is 0.295 e. The molecule has 0 atom stereocenters. The molecule has 144 valence electrons. The first-order chi connectivity index (χ1) is 13.2. The van der Waals surface area contributed by atoms with Crippen LogP contribution in [0.15, 0.2) is 63.7 Å². The summed E-state index contributed by atoms with van der Waals surface area (Å²) >= 11 is 0. The van der Waals surface area contributed by atoms with Crippen LogP contribution in [0.5, 0.6) is 5.75 Å². The van der Waals surface area contributed by atoms with Crippen molar-refractivity contribution in [2.45, 2.75) is 18.2 Å². The van der Waals surface area contributed by atoms with E-state index in [9.17, 15) is 28.2 Å². The van der Waals surface area contributed by atoms with Gasteiger partial charge in [-0.2, -0.15) is 13.5 Å². The Hall–Kier alpha value is -3.37. The van der Waals surface area contributed by atoms with Crippen molar-refractivity contribution >= 4 is 38.0 Å². The first-order valence-electron chi connectivity index (χ1n) is 8.13. The lowest BCUT2D eigenvalue weighted by molar-refractivity contribution is -0.385. The summed E-state index contributed by atoms with van der Waals surface area (Å²) in [5.41, 5.74) is 0.579. The van der Waals surface area contributed by atoms with E-state index in [4.69, 9.17) is 0 Å². The Labute approximate surface area is 159 Å². The van der Waals surface area contributed by atoms with Crippen molar-refractivity contribution < 1.29 is 23.0 Å². The molecule has 0 aliphatic carbocycles. The average Bonchev–Trinajstić information content (AvgIpc) is 2.65. The van der Waals surface area contributed by atoms with E-state index in [1.807, 2.05) is 0 Å². The predicted molar refractivity (Wildman–Crippen MR) is 102 cm³/mol. The number of benzene rings is 3. The van der Waals surface area contributed by atoms with Crippen molar-refractivity contribution in [1.29, 1.82) is 0 Å². The number of azo groups is 1. The van der Waals surface area contributed by atoms with Gasteiger partial charge in [-0.15, -0.1) is 5.11 Å². The van der Waals surface area contributed by atoms with Crippen LogP contribution in [0, 0.1) is 10.1 Å². The molecule has 28 heavy (non-hydrogen) atoms. The average molecular weight is 401 g/mol. The predicted octanol–water partition coefficient (Wildman–Crippen LogP) is 4.68. The van der Waals surface area contributed by atoms with Crippen molar-refractivity contribution in [3.8, 4) is 5.75 Å². The minimum atomic E-state index is -4.57. The molecule has 0 aromatic heterocycles. The van der Waals surface area contributed by atoms with Gasteiger partial charge in [-0.05, 0) is 36.1 Å². The molecule has 3 aromatic carbocycles. The summed E-state index contributed by atoms with van der Waals surface area (Å²) < 4.78 is 32.9. The second-order valence-corrected chi connectivity index (χ2v) is 7.28. The van der Waals surface area contributed by atoms with Crippen LogP contribution in [-0.4, -0.2) is 23.0 Å². The van der Waals surface area contributed by atoms with Crippen molar-refractivity contribution in [3.63, 3.8) is 0 Å². The van der Waals surface area contributed by atoms with Gasteiger partial charge in [-0.1, -0.05) is 25.1 Å². The van der Waals surface area contributed by atoms with Crippen molar-refractivity contribution in [1.82, 2.24) is 0 Å². The maximum atomic E-state index is 11.7. The second-order valence-electron chi connectivity index (χ2n) is 5.89. The SMILES string of the molecule is CCc1cc(N=Nc2c(O)ccc3cccc(S(=O)(=O)O)c23)ccc1[N+](=O)[O-]. The highest BCUT2D eigenvalue weighted by molar-refractivity contribution is 7.86. The minimum Gasteiger partial charge on any atom is -0.506 e. The molecule has 0 heterocycles. The van der Waals surface area contributed by atoms with Gasteiger partial charge in [0, 0.05) is 17.0 Å². The van der Waals surface area contributed by atoms with Gasteiger partial charge in [-0.25, -0.2) is 0 Å². The topological polar surface area (TPSA) is 142 Å². The van der Waals surface area contributed by atoms with Gasteiger partial charge in [0.05, 0.1) is 10.6 Å². The highest BCUT2D eigenvalue weighted by atomic mass is 32.2. The van der Waals surface area contributed by atoms with Crippen LogP contribution >= 0.6 is 0 Å². The number of hydrogen-bond donors (Lipinski definition) is 2. The van der Waals surface area contributed by atoms with E-state index >= 15 is 0 Å². The number of rotatable bonds is 5. The normalized spacial score (nSPS) is 11.9. The van der Waals surface area contributed by atoms with E-state index in [2.05, 4.69) is 10.2 Å². The lowest BCUT2D eigenvalue weighted by Crippen LogP contribution is -1.99. The quantitative estimate of drug-likeness (QED) is 0.275. The first kappa shape index (κ1) is 19.4. The number of nitrogens with zero attached hydrogens (tertiary/aromatic N) is 3. The highest BCUT2D eigenvalue weighted by Gasteiger charge is 2.19. The molecule has 0 unspecified atom stereocenters. The summed E-state index contributed by atoms with van der Waals surface area (Å²) in [5, 5.41) is 29.6. The molecular weight excluding hydrogens is 386 g/mol. The maximum absolute atomic E-state index is 11.7. The minimum absolute atomic E-state index is 0.0198. The second kappa shape index (κ2) is 7.33. The zero-order chi connectivity index (χ0) is 20.5. The first-order valence-corrected chi connectivity index (χ1v) is 9.57. The van der Waals surface area contributed by atoms with Gasteiger partial charge in [0.25, 0.3) is 15.8 Å². The van der Waals surface area contributed by atoms with E-state index in [1.165, 1.54) is 42.5 Å². The molecule has 0 spiro atoms. The summed E-state index contributed by atoms with van der Waals surface area (Å²) in [7, 11) is -4.57. The molecule has 0 saturated heterocycles. The van der Waals surface area contributed by atoms with Crippen LogP contribution in [0.3, 0.4) is 0 Å². The number of nitro benzene ring substituents is 1. The highest BCUT2D eigenvalue weighted by Crippen LogP contribution is 2.39. The zero-order valence-corrected chi connectivity index (χ0v) is 15.4. The van der Waals surface area contributed by atoms with E-state index in [0.717, 1.165) is 0 Å². The fraction of sp³-hybridized carbons (Fsp3) is 0.111. The Bertz CT molecular complexity index is 1220. The largest absolute Gasteiger partial charge is 0.506 e. The van der Waals surface area contributed by atoms with Crippen LogP contribution in [0.25, 0.3) is 10.8 Å². The van der Waals surface area contributed by atoms with Gasteiger partial charge in [-0.3, -0.25) is 14.7 Å². The van der Waals surface area contributed by atoms with E-state index in [-0.39, 0.29) is 22.5 Å². The third-order valence-corrected chi connectivity index (χ3v) is 5.04. The Morgan fingerprint density at radius 2 is 1.86 bits per heavy atom. The number of phenolic OH excluding ortho intramolecular Hbond substituents is 1. The molecule has 0 saturated carbocycles. The number of aryl methyl sites for hydroxylation is 1. The van der Waals surface area contributed by atoms with E-state index in [0.29, 0.717) is 23.1 Å². The molecule has 0 bridgehead atoms. The Kier molecular flexibility index (Phi) is 5.08. The molecule has 0 fully saturated rings. The van der Waals surface area contributed by atoms with Crippen LogP contribution in [-0.2, 0) is 16.5 Å². The van der Waals surface area contributed by atoms with Gasteiger partial charge >= 0.3 is 0 Å². The van der Waals surface area contributed by atoms with Crippen LogP contribution in [0.1, 0.15) is 12.5 Å². The number of hydrogen-bond acceptors (Lipinski definition) is 7. The fourth-order valence-corrected chi connectivity index (χ4v) is 3.56. The Morgan fingerprint density at radius 3 is 2.50 bits per heavy atom. The molecule has 3 aromatic rings. The van der Waals surface area contributed by atoms with Gasteiger partial charge in [0.15, 0.2) is 0 Å². The summed E-state index contributed by atoms with van der Waals surface area (Å²) in [6.07, 6.45) is 0.409. The van der Waals surface area contributed by atoms with Gasteiger partial charge in [0.1, 0.15) is 16.3 Å². The maximum Gasteiger partial charge on any atom is 0.295 e. The standard InChI is InChI=1S/C18H15N3O6S/c1-2-11-10-13(7-8-14(11)21(23)24)19-20-18-15(22)9-6-12-4-3-5-16(17(12)18)28(25,26)27/h3-10,22H,2H2,1H3,(H,25,26,27). The number of phenols is 1. The lowest BCUT2D eigenvalue weighted by atomic mass is 10.1. The zero-order valence-electron chi connectivity index (χ0n) is 14.6. The van der Waals surface area contributed by atoms with Crippen molar-refractivity contribution in [3.05, 3.63) is 64.2 Å². The van der Waals surface area contributed by atoms with Crippen molar-refractivity contribution in [2.24, 2.45) is 10.2 Å². The van der Waals surface area contributed by atoms with E-state index in [1.54, 1.807) is 13.0 Å². The fourth-order valence-electron chi connectivity index (χ4n) is 2.84. The van der Waals surface area contributed by atoms with Crippen molar-refractivity contribution in [2.75, 3.05) is 0 Å². The van der Waals surface area contributed by atoms with E-state index < -0.39 is 19.9 Å². The summed E-state index contributed by atoms with van der Waals surface area (Å²) in [5.74, 6) is -0.329. The van der Waals surface area contributed by atoms with Gasteiger partial charge in [0.2, 0.25) is 0 Å². The number of nitro groups is 1. The monoisotopic (exact) mass is 401 g/mol. The van der Waals surface area contributed by atoms with Crippen LogP contribution in [0.4, 0.5) is 17.1 Å². The third-order valence-electron chi connectivity index (χ3n) is 4.14. The molecule has 0 amide bonds. The third kappa shape index (κ3) is 3.68. The van der Waals surface area contributed by atoms with Gasteiger partial charge < -0.3 is 5.11 Å². The molecule has 0 aliphatic heterocycles. The number of aromatic hydroxyl groups is 1. The van der Waals surface area contributed by atoms with Crippen LogP contribution in [0.2, 0.25) is 0 Å². The molecule has 0 radical (unpaired) electrons. The Morgan fingerprint density at radius 1 is 1.11 bits per heavy atom. The molecule has 10 heteroatoms. The molecule has 2 N–H and O–H groups in total. The lowest BCUT2D eigenvalue weighted by Gasteiger charge is -2.08. The number of fused-ring (bicyclic) bond motifs is 1. The molecule has 9 nitrogen and oxygen atoms in total. The summed E-state index contributed by atoms with van der Waals surface area (Å²) in [4.78, 5) is 10.1. The summed E-state index contributed by atoms with van der Waals surface area (Å²) in [6, 6.07) is 11.3. The molecule has 0 aliphatic rings. The Balaban J connectivity index is 2.17.